The first-order chi connectivity index (χ1) is 14.1. The van der Waals surface area contributed by atoms with E-state index in [4.69, 9.17) is 11.6 Å². The molecule has 0 saturated heterocycles. The molecule has 30 heavy (non-hydrogen) atoms. The average Bonchev–Trinajstić information content (AvgIpc) is 3.26. The van der Waals surface area contributed by atoms with Gasteiger partial charge in [0, 0.05) is 6.20 Å². The van der Waals surface area contributed by atoms with Gasteiger partial charge >= 0.3 is 17.7 Å². The van der Waals surface area contributed by atoms with Gasteiger partial charge in [-0.05, 0) is 24.6 Å². The Kier molecular flexibility index (Phi) is 5.01. The van der Waals surface area contributed by atoms with Crippen molar-refractivity contribution in [2.75, 3.05) is 18.5 Å². The Bertz CT molecular complexity index is 1190. The fraction of sp³-hybridized carbons (Fsp3) is 0.316. The summed E-state index contributed by atoms with van der Waals surface area (Å²) in [6, 6.07) is 3.98. The molecule has 0 bridgehead atoms. The second-order valence-corrected chi connectivity index (χ2v) is 8.55. The highest BCUT2D eigenvalue weighted by Gasteiger charge is 2.42. The Morgan fingerprint density at radius 3 is 2.73 bits per heavy atom. The fourth-order valence-electron chi connectivity index (χ4n) is 3.79. The molecule has 0 fully saturated rings. The van der Waals surface area contributed by atoms with E-state index in [0.29, 0.717) is 23.5 Å². The van der Waals surface area contributed by atoms with Crippen molar-refractivity contribution in [2.45, 2.75) is 25.7 Å². The molecule has 0 amide bonds. The fourth-order valence-corrected chi connectivity index (χ4v) is 4.83. The molecular formula is C19H17ClF3N4O2S+. The highest BCUT2D eigenvalue weighted by atomic mass is 35.5. The smallest absolute Gasteiger partial charge is 0.416 e. The molecule has 3 heterocycles. The Balaban J connectivity index is 2.00. The molecule has 1 aromatic carbocycles. The highest BCUT2D eigenvalue weighted by Crippen LogP contribution is 2.37. The molecule has 3 aromatic rings. The van der Waals surface area contributed by atoms with Crippen LogP contribution in [0.2, 0.25) is 4.47 Å². The van der Waals surface area contributed by atoms with Gasteiger partial charge in [-0.1, -0.05) is 23.7 Å². The SMILES string of the molecule is CC[n+]1c(O)c(-c2cccc(C(F)(F)F)c2)c(=O)n2c1N(C)CC2c1cnc(Cl)s1. The number of hydrogen-bond donors (Lipinski definition) is 1. The van der Waals surface area contributed by atoms with Gasteiger partial charge in [-0.15, -0.1) is 11.3 Å². The van der Waals surface area contributed by atoms with E-state index in [0.717, 1.165) is 17.0 Å². The van der Waals surface area contributed by atoms with E-state index in [1.165, 1.54) is 32.6 Å². The molecule has 4 rings (SSSR count). The van der Waals surface area contributed by atoms with Gasteiger partial charge in [0.1, 0.15) is 12.1 Å². The van der Waals surface area contributed by atoms with Crippen molar-refractivity contribution in [2.24, 2.45) is 0 Å². The van der Waals surface area contributed by atoms with Crippen molar-refractivity contribution in [3.63, 3.8) is 0 Å². The minimum Gasteiger partial charge on any atom is -0.483 e. The van der Waals surface area contributed by atoms with Crippen LogP contribution < -0.4 is 15.0 Å². The van der Waals surface area contributed by atoms with Crippen LogP contribution in [0.15, 0.2) is 35.3 Å². The van der Waals surface area contributed by atoms with Crippen molar-refractivity contribution < 1.29 is 22.8 Å². The van der Waals surface area contributed by atoms with E-state index in [9.17, 15) is 23.1 Å². The summed E-state index contributed by atoms with van der Waals surface area (Å²) in [6.45, 7) is 2.53. The van der Waals surface area contributed by atoms with Gasteiger partial charge in [-0.25, -0.2) is 14.3 Å². The molecule has 0 radical (unpaired) electrons. The van der Waals surface area contributed by atoms with Crippen LogP contribution in [0.3, 0.4) is 0 Å². The number of alkyl halides is 3. The lowest BCUT2D eigenvalue weighted by Gasteiger charge is -2.15. The molecule has 1 N–H and O–H groups in total. The first-order valence-electron chi connectivity index (χ1n) is 9.04. The van der Waals surface area contributed by atoms with Gasteiger partial charge in [0.2, 0.25) is 0 Å². The maximum atomic E-state index is 13.5. The first-order valence-corrected chi connectivity index (χ1v) is 10.2. The van der Waals surface area contributed by atoms with Crippen LogP contribution >= 0.6 is 22.9 Å². The molecule has 1 aliphatic heterocycles. The monoisotopic (exact) mass is 457 g/mol. The Hall–Kier alpha value is -2.59. The van der Waals surface area contributed by atoms with Gasteiger partial charge in [-0.2, -0.15) is 17.7 Å². The van der Waals surface area contributed by atoms with Gasteiger partial charge in [0.05, 0.1) is 24.0 Å². The van der Waals surface area contributed by atoms with Crippen molar-refractivity contribution in [1.82, 2.24) is 9.55 Å². The van der Waals surface area contributed by atoms with E-state index in [1.807, 2.05) is 4.90 Å². The van der Waals surface area contributed by atoms with Crippen molar-refractivity contribution in [1.29, 1.82) is 0 Å². The summed E-state index contributed by atoms with van der Waals surface area (Å²) in [6.07, 6.45) is -2.98. The lowest BCUT2D eigenvalue weighted by molar-refractivity contribution is -0.689. The first kappa shape index (κ1) is 20.7. The standard InChI is InChI=1S/C19H16ClF3N4O2S/c1-3-26-15(28)14(10-5-4-6-11(7-10)19(21,22)23)16(29)27-12(9-25(2)18(26)27)13-8-24-17(20)30-13/h4-8,12H,3,9H2,1-2H3/p+1. The van der Waals surface area contributed by atoms with E-state index in [1.54, 1.807) is 20.2 Å². The normalized spacial score (nSPS) is 16.2. The van der Waals surface area contributed by atoms with Gasteiger partial charge in [0.25, 0.3) is 5.88 Å². The summed E-state index contributed by atoms with van der Waals surface area (Å²) < 4.78 is 43.0. The predicted octanol–water partition coefficient (Wildman–Crippen LogP) is 3.70. The number of rotatable bonds is 3. The number of aromatic hydroxyl groups is 1. The molecule has 0 saturated carbocycles. The quantitative estimate of drug-likeness (QED) is 0.609. The number of halogens is 4. The van der Waals surface area contributed by atoms with Crippen LogP contribution in [-0.2, 0) is 12.7 Å². The lowest BCUT2D eigenvalue weighted by atomic mass is 10.0. The van der Waals surface area contributed by atoms with Crippen LogP contribution in [0.4, 0.5) is 19.1 Å². The number of aromatic nitrogens is 3. The van der Waals surface area contributed by atoms with E-state index in [2.05, 4.69) is 4.98 Å². The minimum atomic E-state index is -4.57. The Labute approximate surface area is 178 Å². The third-order valence-corrected chi connectivity index (χ3v) is 6.30. The molecule has 1 unspecified atom stereocenters. The largest absolute Gasteiger partial charge is 0.483 e. The molecule has 158 valence electrons. The lowest BCUT2D eigenvalue weighted by Crippen LogP contribution is -2.44. The molecule has 6 nitrogen and oxygen atoms in total. The number of hydrogen-bond acceptors (Lipinski definition) is 5. The number of anilines is 1. The summed E-state index contributed by atoms with van der Waals surface area (Å²) >= 11 is 7.20. The molecule has 0 spiro atoms. The second-order valence-electron chi connectivity index (χ2n) is 6.91. The van der Waals surface area contributed by atoms with Crippen LogP contribution in [0.1, 0.15) is 23.4 Å². The topological polar surface area (TPSA) is 62.2 Å². The second kappa shape index (κ2) is 7.28. The van der Waals surface area contributed by atoms with Crippen molar-refractivity contribution in [3.05, 3.63) is 55.7 Å². The zero-order chi connectivity index (χ0) is 21.8. The molecular weight excluding hydrogens is 441 g/mol. The Morgan fingerprint density at radius 1 is 1.40 bits per heavy atom. The maximum Gasteiger partial charge on any atom is 0.416 e. The third kappa shape index (κ3) is 3.24. The zero-order valence-electron chi connectivity index (χ0n) is 15.9. The summed E-state index contributed by atoms with van der Waals surface area (Å²) in [7, 11) is 1.78. The highest BCUT2D eigenvalue weighted by molar-refractivity contribution is 7.15. The van der Waals surface area contributed by atoms with E-state index in [-0.39, 0.29) is 17.0 Å². The predicted molar refractivity (Wildman–Crippen MR) is 107 cm³/mol. The van der Waals surface area contributed by atoms with Crippen molar-refractivity contribution >= 4 is 28.9 Å². The van der Waals surface area contributed by atoms with Gasteiger partial charge < -0.3 is 5.11 Å². The average molecular weight is 458 g/mol. The zero-order valence-corrected chi connectivity index (χ0v) is 17.5. The van der Waals surface area contributed by atoms with Crippen LogP contribution in [0.5, 0.6) is 5.88 Å². The van der Waals surface area contributed by atoms with Gasteiger partial charge in [-0.3, -0.25) is 4.90 Å². The third-order valence-electron chi connectivity index (χ3n) is 5.09. The number of benzene rings is 1. The number of thiazole rings is 1. The van der Waals surface area contributed by atoms with E-state index >= 15 is 0 Å². The van der Waals surface area contributed by atoms with Gasteiger partial charge in [0.15, 0.2) is 10.5 Å². The maximum absolute atomic E-state index is 13.5. The summed E-state index contributed by atoms with van der Waals surface area (Å²) in [4.78, 5) is 20.1. The Morgan fingerprint density at radius 2 is 2.13 bits per heavy atom. The van der Waals surface area contributed by atoms with E-state index < -0.39 is 23.3 Å². The number of fused-ring (bicyclic) bond motifs is 1. The van der Waals surface area contributed by atoms with Crippen LogP contribution in [0.25, 0.3) is 11.1 Å². The molecule has 1 atom stereocenters. The molecule has 11 heteroatoms. The summed E-state index contributed by atoms with van der Waals surface area (Å²) in [5.74, 6) is 0.0909. The molecule has 2 aromatic heterocycles. The number of likely N-dealkylation sites (N-methyl/N-ethyl adjacent to an activating group) is 1. The number of nitrogens with zero attached hydrogens (tertiary/aromatic N) is 4. The summed E-state index contributed by atoms with van der Waals surface area (Å²) in [5.41, 5.74) is -1.65. The molecule has 1 aliphatic rings. The molecule has 0 aliphatic carbocycles. The summed E-state index contributed by atoms with van der Waals surface area (Å²) in [5, 5.41) is 10.9. The van der Waals surface area contributed by atoms with Crippen LogP contribution in [-0.4, -0.2) is 28.3 Å². The van der Waals surface area contributed by atoms with Crippen molar-refractivity contribution in [3.8, 4) is 17.0 Å². The van der Waals surface area contributed by atoms with Crippen LogP contribution in [0, 0.1) is 0 Å². The minimum absolute atomic E-state index is 0.000431.